The van der Waals surface area contributed by atoms with Gasteiger partial charge in [0.25, 0.3) is 5.89 Å². The van der Waals surface area contributed by atoms with Crippen LogP contribution in [0.4, 0.5) is 0 Å². The molecule has 0 radical (unpaired) electrons. The number of hydrogen-bond acceptors (Lipinski definition) is 6. The van der Waals surface area contributed by atoms with Gasteiger partial charge in [-0.05, 0) is 34.6 Å². The van der Waals surface area contributed by atoms with Crippen molar-refractivity contribution in [3.05, 3.63) is 64.2 Å². The van der Waals surface area contributed by atoms with Crippen LogP contribution in [0.1, 0.15) is 36.8 Å². The van der Waals surface area contributed by atoms with Crippen LogP contribution >= 0.6 is 11.3 Å². The van der Waals surface area contributed by atoms with Gasteiger partial charge in [0.2, 0.25) is 5.82 Å². The summed E-state index contributed by atoms with van der Waals surface area (Å²) >= 11 is 1.55. The van der Waals surface area contributed by atoms with Gasteiger partial charge < -0.3 is 9.26 Å². The van der Waals surface area contributed by atoms with Crippen molar-refractivity contribution < 1.29 is 14.1 Å². The van der Waals surface area contributed by atoms with Crippen molar-refractivity contribution >= 4 is 23.4 Å². The van der Waals surface area contributed by atoms with Gasteiger partial charge in [0, 0.05) is 17.0 Å². The first kappa shape index (κ1) is 17.1. The molecule has 2 heterocycles. The van der Waals surface area contributed by atoms with Gasteiger partial charge >= 0.3 is 5.97 Å². The average Bonchev–Trinajstić information content (AvgIpc) is 3.29. The normalized spacial score (nSPS) is 11.3. The van der Waals surface area contributed by atoms with Crippen molar-refractivity contribution in [1.29, 1.82) is 0 Å². The van der Waals surface area contributed by atoms with E-state index in [0.29, 0.717) is 11.7 Å². The largest absolute Gasteiger partial charge is 0.452 e. The molecular formula is C19H18N2O3S. The van der Waals surface area contributed by atoms with Crippen LogP contribution in [-0.4, -0.2) is 16.1 Å². The van der Waals surface area contributed by atoms with E-state index in [1.165, 1.54) is 11.6 Å². The molecule has 128 valence electrons. The zero-order valence-corrected chi connectivity index (χ0v) is 14.8. The van der Waals surface area contributed by atoms with Gasteiger partial charge in [-0.3, -0.25) is 0 Å². The minimum atomic E-state index is -0.455. The molecule has 0 bridgehead atoms. The number of hydrogen-bond donors (Lipinski definition) is 0. The van der Waals surface area contributed by atoms with Crippen molar-refractivity contribution in [2.75, 3.05) is 0 Å². The summed E-state index contributed by atoms with van der Waals surface area (Å²) in [5.74, 6) is 0.789. The third-order valence-electron chi connectivity index (χ3n) is 3.60. The molecule has 0 spiro atoms. The summed E-state index contributed by atoms with van der Waals surface area (Å²) in [7, 11) is 0. The third kappa shape index (κ3) is 4.64. The number of thiophene rings is 1. The lowest BCUT2D eigenvalue weighted by atomic mass is 10.0. The highest BCUT2D eigenvalue weighted by Crippen LogP contribution is 2.19. The molecular weight excluding hydrogens is 336 g/mol. The summed E-state index contributed by atoms with van der Waals surface area (Å²) in [6.07, 6.45) is 3.11. The molecule has 1 aromatic carbocycles. The highest BCUT2D eigenvalue weighted by molar-refractivity contribution is 7.08. The highest BCUT2D eigenvalue weighted by Gasteiger charge is 2.10. The second kappa shape index (κ2) is 7.90. The summed E-state index contributed by atoms with van der Waals surface area (Å²) in [5, 5.41) is 7.72. The van der Waals surface area contributed by atoms with E-state index in [4.69, 9.17) is 9.26 Å². The van der Waals surface area contributed by atoms with Gasteiger partial charge in [0.15, 0.2) is 6.61 Å². The summed E-state index contributed by atoms with van der Waals surface area (Å²) < 4.78 is 10.2. The molecule has 3 rings (SSSR count). The first-order valence-electron chi connectivity index (χ1n) is 7.92. The number of ether oxygens (including phenoxy) is 1. The molecule has 0 saturated carbocycles. The second-order valence-electron chi connectivity index (χ2n) is 5.79. The zero-order chi connectivity index (χ0) is 17.6. The van der Waals surface area contributed by atoms with Crippen molar-refractivity contribution in [2.24, 2.45) is 0 Å². The number of nitrogens with zero attached hydrogens (tertiary/aromatic N) is 2. The molecule has 5 nitrogen and oxygen atoms in total. The first-order chi connectivity index (χ1) is 12.1. The van der Waals surface area contributed by atoms with Crippen LogP contribution in [0, 0.1) is 0 Å². The molecule has 0 aliphatic rings. The molecule has 2 aromatic heterocycles. The second-order valence-corrected chi connectivity index (χ2v) is 6.57. The molecule has 25 heavy (non-hydrogen) atoms. The SMILES string of the molecule is CC(C)c1ccc(/C=C/C(=O)OCc2nc(-c3ccsc3)no2)cc1. The Bertz CT molecular complexity index is 849. The first-order valence-corrected chi connectivity index (χ1v) is 8.86. The minimum Gasteiger partial charge on any atom is -0.452 e. The number of carbonyl (C=O) groups is 1. The van der Waals surface area contributed by atoms with E-state index in [9.17, 15) is 4.79 Å². The van der Waals surface area contributed by atoms with Gasteiger partial charge in [-0.25, -0.2) is 4.79 Å². The Balaban J connectivity index is 1.52. The molecule has 0 saturated heterocycles. The Morgan fingerprint density at radius 1 is 1.28 bits per heavy atom. The van der Waals surface area contributed by atoms with Crippen LogP contribution < -0.4 is 0 Å². The van der Waals surface area contributed by atoms with Crippen molar-refractivity contribution in [2.45, 2.75) is 26.4 Å². The molecule has 0 amide bonds. The Labute approximate surface area is 150 Å². The zero-order valence-electron chi connectivity index (χ0n) is 14.0. The lowest BCUT2D eigenvalue weighted by Gasteiger charge is -2.04. The Morgan fingerprint density at radius 3 is 2.76 bits per heavy atom. The van der Waals surface area contributed by atoms with E-state index < -0.39 is 5.97 Å². The van der Waals surface area contributed by atoms with Crippen molar-refractivity contribution in [3.8, 4) is 11.4 Å². The number of aromatic nitrogens is 2. The lowest BCUT2D eigenvalue weighted by Crippen LogP contribution is -2.01. The van der Waals surface area contributed by atoms with Crippen LogP contribution in [0.2, 0.25) is 0 Å². The number of esters is 1. The van der Waals surface area contributed by atoms with Crippen LogP contribution in [0.5, 0.6) is 0 Å². The smallest absolute Gasteiger partial charge is 0.331 e. The molecule has 0 aliphatic heterocycles. The van der Waals surface area contributed by atoms with Crippen LogP contribution in [0.25, 0.3) is 17.5 Å². The van der Waals surface area contributed by atoms with E-state index in [0.717, 1.165) is 11.1 Å². The minimum absolute atomic E-state index is 0.0490. The topological polar surface area (TPSA) is 65.2 Å². The fourth-order valence-corrected chi connectivity index (χ4v) is 2.79. The number of rotatable bonds is 6. The molecule has 0 N–H and O–H groups in total. The van der Waals surface area contributed by atoms with E-state index in [-0.39, 0.29) is 12.5 Å². The summed E-state index contributed by atoms with van der Waals surface area (Å²) in [6.45, 7) is 4.24. The predicted octanol–water partition coefficient (Wildman–Crippen LogP) is 4.68. The van der Waals surface area contributed by atoms with Gasteiger partial charge in [-0.1, -0.05) is 43.3 Å². The predicted molar refractivity (Wildman–Crippen MR) is 97.0 cm³/mol. The van der Waals surface area contributed by atoms with Crippen LogP contribution in [0.3, 0.4) is 0 Å². The van der Waals surface area contributed by atoms with E-state index >= 15 is 0 Å². The maximum atomic E-state index is 11.8. The summed E-state index contributed by atoms with van der Waals surface area (Å²) in [5.41, 5.74) is 3.09. The quantitative estimate of drug-likeness (QED) is 0.475. The summed E-state index contributed by atoms with van der Waals surface area (Å²) in [4.78, 5) is 16.0. The fourth-order valence-electron chi connectivity index (χ4n) is 2.16. The van der Waals surface area contributed by atoms with Gasteiger partial charge in [-0.15, -0.1) is 0 Å². The molecule has 0 unspecified atom stereocenters. The van der Waals surface area contributed by atoms with Crippen molar-refractivity contribution in [1.82, 2.24) is 10.1 Å². The third-order valence-corrected chi connectivity index (χ3v) is 4.28. The number of benzene rings is 1. The molecule has 0 fully saturated rings. The van der Waals surface area contributed by atoms with Crippen LogP contribution in [0.15, 0.2) is 51.7 Å². The molecule has 0 atom stereocenters. The fraction of sp³-hybridized carbons (Fsp3) is 0.211. The highest BCUT2D eigenvalue weighted by atomic mass is 32.1. The van der Waals surface area contributed by atoms with Crippen LogP contribution in [-0.2, 0) is 16.1 Å². The average molecular weight is 354 g/mol. The maximum Gasteiger partial charge on any atom is 0.331 e. The molecule has 3 aromatic rings. The summed E-state index contributed by atoms with van der Waals surface area (Å²) in [6, 6.07) is 9.97. The Morgan fingerprint density at radius 2 is 2.08 bits per heavy atom. The van der Waals surface area contributed by atoms with Gasteiger partial charge in [0.05, 0.1) is 0 Å². The van der Waals surface area contributed by atoms with Gasteiger partial charge in [-0.2, -0.15) is 16.3 Å². The number of carbonyl (C=O) groups excluding carboxylic acids is 1. The van der Waals surface area contributed by atoms with E-state index in [2.05, 4.69) is 36.1 Å². The van der Waals surface area contributed by atoms with E-state index in [1.807, 2.05) is 29.0 Å². The standard InChI is InChI=1S/C19H18N2O3S/c1-13(2)15-6-3-14(4-7-15)5-8-18(22)23-11-17-20-19(21-24-17)16-9-10-25-12-16/h3-10,12-13H,11H2,1-2H3/b8-5+. The maximum absolute atomic E-state index is 11.8. The monoisotopic (exact) mass is 354 g/mol. The molecule has 0 aliphatic carbocycles. The Hall–Kier alpha value is -2.73. The molecule has 6 heteroatoms. The lowest BCUT2D eigenvalue weighted by molar-refractivity contribution is -0.139. The van der Waals surface area contributed by atoms with Crippen molar-refractivity contribution in [3.63, 3.8) is 0 Å². The van der Waals surface area contributed by atoms with Gasteiger partial charge in [0.1, 0.15) is 0 Å². The van der Waals surface area contributed by atoms with E-state index in [1.54, 1.807) is 17.4 Å². The Kier molecular flexibility index (Phi) is 5.40.